The van der Waals surface area contributed by atoms with Crippen molar-refractivity contribution in [2.24, 2.45) is 0 Å². The lowest BCUT2D eigenvalue weighted by Crippen LogP contribution is -2.29. The summed E-state index contributed by atoms with van der Waals surface area (Å²) in [6.45, 7) is -1.11. The highest BCUT2D eigenvalue weighted by atomic mass is 32.1. The monoisotopic (exact) mass is 410 g/mol. The second-order valence-corrected chi connectivity index (χ2v) is 8.10. The Labute approximate surface area is 180 Å². The number of nitrogens with zero attached hydrogens (tertiary/aromatic N) is 1. The zero-order chi connectivity index (χ0) is 21.4. The summed E-state index contributed by atoms with van der Waals surface area (Å²) in [5, 5.41) is 1.93. The number of carbonyl (C=O) groups excluding carboxylic acids is 2. The topological polar surface area (TPSA) is 37.4 Å². The number of hydrogen-bond donors (Lipinski definition) is 0. The molecule has 3 nitrogen and oxygen atoms in total. The van der Waals surface area contributed by atoms with Gasteiger partial charge in [-0.2, -0.15) is 0 Å². The van der Waals surface area contributed by atoms with Crippen molar-refractivity contribution in [3.8, 4) is 0 Å². The number of hydrogen-bond acceptors (Lipinski definition) is 3. The summed E-state index contributed by atoms with van der Waals surface area (Å²) in [6.07, 6.45) is 0. The number of benzene rings is 3. The third-order valence-electron chi connectivity index (χ3n) is 5.35. The standard InChI is InChI=1S/C26H19NO2S/c28-25-21-13-7-8-14-22(21)26(29)27(25)17-20-15-16-30-24(20)23(18-9-3-1-4-10-18)19-11-5-2-6-12-19/h1-16,23H,17H2/i17D. The molecule has 0 spiro atoms. The number of thiophene rings is 1. The van der Waals surface area contributed by atoms with E-state index >= 15 is 0 Å². The van der Waals surface area contributed by atoms with Gasteiger partial charge in [-0.3, -0.25) is 14.5 Å². The van der Waals surface area contributed by atoms with Gasteiger partial charge in [-0.15, -0.1) is 11.3 Å². The highest BCUT2D eigenvalue weighted by Gasteiger charge is 2.36. The van der Waals surface area contributed by atoms with E-state index in [1.165, 1.54) is 0 Å². The fraction of sp³-hybridized carbons (Fsp3) is 0.0769. The highest BCUT2D eigenvalue weighted by Crippen LogP contribution is 2.38. The van der Waals surface area contributed by atoms with Crippen molar-refractivity contribution in [2.75, 3.05) is 0 Å². The SMILES string of the molecule is [2H]C(c1ccsc1C(c1ccccc1)c1ccccc1)N1C(=O)c2ccccc2C1=O. The van der Waals surface area contributed by atoms with Crippen molar-refractivity contribution in [1.29, 1.82) is 0 Å². The Kier molecular flexibility index (Phi) is 4.47. The number of rotatable bonds is 5. The van der Waals surface area contributed by atoms with Gasteiger partial charge in [-0.1, -0.05) is 72.8 Å². The van der Waals surface area contributed by atoms with E-state index in [4.69, 9.17) is 1.37 Å². The van der Waals surface area contributed by atoms with E-state index in [1.807, 2.05) is 47.8 Å². The minimum absolute atomic E-state index is 0.0829. The molecule has 3 aromatic carbocycles. The molecule has 0 bridgehead atoms. The van der Waals surface area contributed by atoms with Crippen LogP contribution in [0.4, 0.5) is 0 Å². The van der Waals surface area contributed by atoms with Gasteiger partial charge in [0, 0.05) is 10.8 Å². The molecule has 2 amide bonds. The van der Waals surface area contributed by atoms with Crippen molar-refractivity contribution in [1.82, 2.24) is 4.90 Å². The lowest BCUT2D eigenvalue weighted by Gasteiger charge is -2.21. The molecule has 0 saturated carbocycles. The summed E-state index contributed by atoms with van der Waals surface area (Å²) in [5.74, 6) is -0.900. The maximum Gasteiger partial charge on any atom is 0.261 e. The Morgan fingerprint density at radius 2 is 1.23 bits per heavy atom. The summed E-state index contributed by atoms with van der Waals surface area (Å²) in [6, 6.07) is 28.9. The van der Waals surface area contributed by atoms with Crippen molar-refractivity contribution in [2.45, 2.75) is 12.4 Å². The van der Waals surface area contributed by atoms with E-state index in [-0.39, 0.29) is 5.92 Å². The molecular formula is C26H19NO2S. The Hall–Kier alpha value is -3.50. The van der Waals surface area contributed by atoms with E-state index in [9.17, 15) is 9.59 Å². The fourth-order valence-electron chi connectivity index (χ4n) is 3.92. The Morgan fingerprint density at radius 3 is 1.77 bits per heavy atom. The van der Waals surface area contributed by atoms with Crippen molar-refractivity contribution in [3.63, 3.8) is 0 Å². The largest absolute Gasteiger partial charge is 0.270 e. The Morgan fingerprint density at radius 1 is 0.733 bits per heavy atom. The molecule has 0 saturated heterocycles. The molecule has 0 fully saturated rings. The van der Waals surface area contributed by atoms with Crippen molar-refractivity contribution in [3.05, 3.63) is 129 Å². The van der Waals surface area contributed by atoms with E-state index in [0.717, 1.165) is 20.9 Å². The predicted molar refractivity (Wildman–Crippen MR) is 119 cm³/mol. The Bertz CT molecular complexity index is 1180. The highest BCUT2D eigenvalue weighted by molar-refractivity contribution is 7.10. The molecule has 0 radical (unpaired) electrons. The lowest BCUT2D eigenvalue weighted by atomic mass is 9.88. The molecule has 4 heteroatoms. The summed E-state index contributed by atoms with van der Waals surface area (Å²) < 4.78 is 8.91. The molecule has 2 heterocycles. The van der Waals surface area contributed by atoms with Gasteiger partial charge in [0.25, 0.3) is 11.8 Å². The van der Waals surface area contributed by atoms with Crippen LogP contribution in [0, 0.1) is 0 Å². The number of amides is 2. The zero-order valence-electron chi connectivity index (χ0n) is 17.1. The molecule has 4 aromatic rings. The molecule has 1 atom stereocenters. The third kappa shape index (κ3) is 3.15. The quantitative estimate of drug-likeness (QED) is 0.394. The van der Waals surface area contributed by atoms with Gasteiger partial charge in [-0.25, -0.2) is 0 Å². The fourth-order valence-corrected chi connectivity index (χ4v) is 4.95. The molecule has 5 rings (SSSR count). The zero-order valence-corrected chi connectivity index (χ0v) is 16.9. The normalized spacial score (nSPS) is 14.7. The summed E-state index contributed by atoms with van der Waals surface area (Å²) in [4.78, 5) is 27.9. The minimum Gasteiger partial charge on any atom is -0.270 e. The molecular weight excluding hydrogens is 390 g/mol. The van der Waals surface area contributed by atoms with Crippen molar-refractivity contribution >= 4 is 23.2 Å². The maximum absolute atomic E-state index is 13.0. The third-order valence-corrected chi connectivity index (χ3v) is 6.35. The lowest BCUT2D eigenvalue weighted by molar-refractivity contribution is 0.0642. The first kappa shape index (κ1) is 17.4. The number of fused-ring (bicyclic) bond motifs is 1. The first-order chi connectivity index (χ1) is 15.2. The van der Waals surface area contributed by atoms with Gasteiger partial charge in [-0.05, 0) is 40.3 Å². The molecule has 1 aromatic heterocycles. The van der Waals surface area contributed by atoms with Gasteiger partial charge < -0.3 is 0 Å². The van der Waals surface area contributed by atoms with Crippen LogP contribution >= 0.6 is 11.3 Å². The van der Waals surface area contributed by atoms with E-state index in [0.29, 0.717) is 16.7 Å². The predicted octanol–water partition coefficient (Wildman–Crippen LogP) is 5.72. The van der Waals surface area contributed by atoms with E-state index < -0.39 is 18.3 Å². The summed E-state index contributed by atoms with van der Waals surface area (Å²) in [5.41, 5.74) is 3.62. The van der Waals surface area contributed by atoms with Crippen molar-refractivity contribution < 1.29 is 11.0 Å². The van der Waals surface area contributed by atoms with Crippen LogP contribution in [-0.4, -0.2) is 16.7 Å². The molecule has 146 valence electrons. The van der Waals surface area contributed by atoms with Crippen LogP contribution in [0.2, 0.25) is 0 Å². The van der Waals surface area contributed by atoms with Gasteiger partial charge in [0.1, 0.15) is 0 Å². The second kappa shape index (κ2) is 7.73. The molecule has 1 unspecified atom stereocenters. The molecule has 1 aliphatic heterocycles. The smallest absolute Gasteiger partial charge is 0.261 e. The summed E-state index contributed by atoms with van der Waals surface area (Å²) >= 11 is 1.55. The Balaban J connectivity index is 1.59. The molecule has 1 aliphatic rings. The van der Waals surface area contributed by atoms with Crippen LogP contribution < -0.4 is 0 Å². The van der Waals surface area contributed by atoms with Crippen LogP contribution in [0.25, 0.3) is 0 Å². The average Bonchev–Trinajstić information content (AvgIpc) is 3.39. The first-order valence-corrected chi connectivity index (χ1v) is 10.6. The van der Waals surface area contributed by atoms with Gasteiger partial charge in [0.2, 0.25) is 0 Å². The summed E-state index contributed by atoms with van der Waals surface area (Å²) in [7, 11) is 0. The molecule has 30 heavy (non-hydrogen) atoms. The van der Waals surface area contributed by atoms with Gasteiger partial charge in [0.15, 0.2) is 0 Å². The minimum atomic E-state index is -1.11. The maximum atomic E-state index is 13.0. The van der Waals surface area contributed by atoms with Crippen LogP contribution in [0.5, 0.6) is 0 Å². The van der Waals surface area contributed by atoms with Crippen LogP contribution in [0.1, 0.15) is 49.6 Å². The number of carbonyl (C=O) groups is 2. The van der Waals surface area contributed by atoms with Crippen LogP contribution in [0.15, 0.2) is 96.4 Å². The van der Waals surface area contributed by atoms with E-state index in [1.54, 1.807) is 35.6 Å². The average molecular weight is 411 g/mol. The van der Waals surface area contributed by atoms with Gasteiger partial charge >= 0.3 is 0 Å². The first-order valence-electron chi connectivity index (χ1n) is 10.3. The molecule has 0 N–H and O–H groups in total. The molecule has 0 aliphatic carbocycles. The second-order valence-electron chi connectivity index (χ2n) is 7.15. The number of imide groups is 1. The van der Waals surface area contributed by atoms with Gasteiger partial charge in [0.05, 0.1) is 19.0 Å². The van der Waals surface area contributed by atoms with Crippen LogP contribution in [0.3, 0.4) is 0 Å². The van der Waals surface area contributed by atoms with Crippen LogP contribution in [-0.2, 0) is 6.52 Å². The van der Waals surface area contributed by atoms with E-state index in [2.05, 4.69) is 24.3 Å².